The van der Waals surface area contributed by atoms with Crippen molar-refractivity contribution in [2.24, 2.45) is 17.0 Å². The standard InChI is InChI=1S/C12H24N4O3S/c13-20(18,19)15-8-10-2-1-7-16(9-10)12(17)11-3-5-14-6-4-11/h10-11,14-15H,1-9H2,(H2,13,18,19). The summed E-state index contributed by atoms with van der Waals surface area (Å²) in [6.45, 7) is 3.54. The summed E-state index contributed by atoms with van der Waals surface area (Å²) in [5, 5.41) is 8.19. The molecule has 2 saturated heterocycles. The van der Waals surface area contributed by atoms with E-state index in [1.165, 1.54) is 0 Å². The smallest absolute Gasteiger partial charge is 0.274 e. The predicted octanol–water partition coefficient (Wildman–Crippen LogP) is -0.982. The molecule has 1 unspecified atom stereocenters. The Morgan fingerprint density at radius 1 is 1.30 bits per heavy atom. The number of likely N-dealkylation sites (tertiary alicyclic amines) is 1. The Morgan fingerprint density at radius 2 is 2.00 bits per heavy atom. The normalized spacial score (nSPS) is 25.6. The molecule has 20 heavy (non-hydrogen) atoms. The van der Waals surface area contributed by atoms with E-state index in [4.69, 9.17) is 5.14 Å². The minimum atomic E-state index is -3.64. The quantitative estimate of drug-likeness (QED) is 0.621. The van der Waals surface area contributed by atoms with Crippen LogP contribution in [0.4, 0.5) is 0 Å². The fourth-order valence-corrected chi connectivity index (χ4v) is 3.46. The van der Waals surface area contributed by atoms with Crippen LogP contribution in [0, 0.1) is 11.8 Å². The second-order valence-corrected chi connectivity index (χ2v) is 7.09. The van der Waals surface area contributed by atoms with Crippen LogP contribution in [-0.4, -0.2) is 51.9 Å². The van der Waals surface area contributed by atoms with Crippen molar-refractivity contribution in [2.45, 2.75) is 25.7 Å². The van der Waals surface area contributed by atoms with Gasteiger partial charge in [0.1, 0.15) is 0 Å². The third-order valence-electron chi connectivity index (χ3n) is 4.09. The summed E-state index contributed by atoms with van der Waals surface area (Å²) in [6.07, 6.45) is 3.65. The molecule has 2 aliphatic heterocycles. The molecule has 2 rings (SSSR count). The Labute approximate surface area is 120 Å². The van der Waals surface area contributed by atoms with Crippen molar-refractivity contribution in [2.75, 3.05) is 32.7 Å². The minimum Gasteiger partial charge on any atom is -0.342 e. The molecule has 0 aromatic rings. The van der Waals surface area contributed by atoms with Gasteiger partial charge in [0.25, 0.3) is 10.2 Å². The zero-order chi connectivity index (χ0) is 14.6. The van der Waals surface area contributed by atoms with E-state index in [9.17, 15) is 13.2 Å². The van der Waals surface area contributed by atoms with Gasteiger partial charge in [-0.2, -0.15) is 8.42 Å². The molecule has 2 aliphatic rings. The van der Waals surface area contributed by atoms with Crippen LogP contribution in [-0.2, 0) is 15.0 Å². The van der Waals surface area contributed by atoms with Gasteiger partial charge in [0.05, 0.1) is 0 Å². The van der Waals surface area contributed by atoms with E-state index in [1.807, 2.05) is 4.90 Å². The predicted molar refractivity (Wildman–Crippen MR) is 76.0 cm³/mol. The zero-order valence-electron chi connectivity index (χ0n) is 11.7. The summed E-state index contributed by atoms with van der Waals surface area (Å²) in [7, 11) is -3.64. The average Bonchev–Trinajstić information content (AvgIpc) is 2.45. The molecule has 2 fully saturated rings. The van der Waals surface area contributed by atoms with Gasteiger partial charge in [0.2, 0.25) is 5.91 Å². The number of amides is 1. The van der Waals surface area contributed by atoms with E-state index >= 15 is 0 Å². The lowest BCUT2D eigenvalue weighted by molar-refractivity contribution is -0.138. The summed E-state index contributed by atoms with van der Waals surface area (Å²) in [5.74, 6) is 0.515. The van der Waals surface area contributed by atoms with Gasteiger partial charge in [-0.1, -0.05) is 0 Å². The molecular weight excluding hydrogens is 280 g/mol. The Hall–Kier alpha value is -0.700. The Kier molecular flexibility index (Phi) is 5.36. The highest BCUT2D eigenvalue weighted by molar-refractivity contribution is 7.87. The number of rotatable bonds is 4. The van der Waals surface area contributed by atoms with Crippen molar-refractivity contribution in [3.63, 3.8) is 0 Å². The van der Waals surface area contributed by atoms with E-state index in [2.05, 4.69) is 10.0 Å². The highest BCUT2D eigenvalue weighted by Crippen LogP contribution is 2.21. The van der Waals surface area contributed by atoms with Crippen molar-refractivity contribution in [1.29, 1.82) is 0 Å². The van der Waals surface area contributed by atoms with Crippen LogP contribution < -0.4 is 15.2 Å². The fourth-order valence-electron chi connectivity index (χ4n) is 2.99. The van der Waals surface area contributed by atoms with E-state index < -0.39 is 10.2 Å². The lowest BCUT2D eigenvalue weighted by atomic mass is 9.93. The number of piperidine rings is 2. The maximum absolute atomic E-state index is 12.4. The van der Waals surface area contributed by atoms with E-state index in [-0.39, 0.29) is 17.7 Å². The first kappa shape index (κ1) is 15.7. The van der Waals surface area contributed by atoms with Crippen LogP contribution in [0.25, 0.3) is 0 Å². The molecule has 0 aromatic carbocycles. The SMILES string of the molecule is NS(=O)(=O)NCC1CCCN(C(=O)C2CCNCC2)C1. The average molecular weight is 304 g/mol. The van der Waals surface area contributed by atoms with Gasteiger partial charge in [0, 0.05) is 25.6 Å². The third-order valence-corrected chi connectivity index (χ3v) is 4.66. The maximum Gasteiger partial charge on any atom is 0.274 e. The number of nitrogens with one attached hydrogen (secondary N) is 2. The molecule has 116 valence electrons. The topological polar surface area (TPSA) is 105 Å². The van der Waals surface area contributed by atoms with Crippen LogP contribution in [0.3, 0.4) is 0 Å². The van der Waals surface area contributed by atoms with E-state index in [0.29, 0.717) is 13.1 Å². The van der Waals surface area contributed by atoms with Crippen molar-refractivity contribution >= 4 is 16.1 Å². The monoisotopic (exact) mass is 304 g/mol. The number of nitrogens with zero attached hydrogens (tertiary/aromatic N) is 1. The molecule has 0 radical (unpaired) electrons. The maximum atomic E-state index is 12.4. The molecular formula is C12H24N4O3S. The Morgan fingerprint density at radius 3 is 2.65 bits per heavy atom. The summed E-state index contributed by atoms with van der Waals surface area (Å²) in [6, 6.07) is 0. The van der Waals surface area contributed by atoms with E-state index in [0.717, 1.165) is 45.3 Å². The van der Waals surface area contributed by atoms with Crippen molar-refractivity contribution in [1.82, 2.24) is 14.9 Å². The first-order valence-electron chi connectivity index (χ1n) is 7.22. The van der Waals surface area contributed by atoms with Crippen molar-refractivity contribution < 1.29 is 13.2 Å². The highest BCUT2D eigenvalue weighted by atomic mass is 32.2. The first-order valence-corrected chi connectivity index (χ1v) is 8.77. The van der Waals surface area contributed by atoms with Crippen molar-refractivity contribution in [3.8, 4) is 0 Å². The molecule has 7 nitrogen and oxygen atoms in total. The summed E-state index contributed by atoms with van der Waals surface area (Å²) in [4.78, 5) is 14.3. The molecule has 4 N–H and O–H groups in total. The molecule has 2 heterocycles. The molecule has 0 bridgehead atoms. The Balaban J connectivity index is 1.84. The van der Waals surface area contributed by atoms with Gasteiger partial charge in [-0.25, -0.2) is 9.86 Å². The number of nitrogens with two attached hydrogens (primary N) is 1. The second-order valence-electron chi connectivity index (χ2n) is 5.71. The van der Waals surface area contributed by atoms with Gasteiger partial charge in [-0.05, 0) is 44.7 Å². The van der Waals surface area contributed by atoms with Crippen LogP contribution in [0.15, 0.2) is 0 Å². The van der Waals surface area contributed by atoms with Crippen LogP contribution in [0.5, 0.6) is 0 Å². The van der Waals surface area contributed by atoms with Gasteiger partial charge in [0.15, 0.2) is 0 Å². The number of hydrogen-bond donors (Lipinski definition) is 3. The molecule has 0 aliphatic carbocycles. The molecule has 1 atom stereocenters. The fraction of sp³-hybridized carbons (Fsp3) is 0.917. The van der Waals surface area contributed by atoms with Gasteiger partial charge in [-0.3, -0.25) is 4.79 Å². The van der Waals surface area contributed by atoms with Crippen LogP contribution in [0.2, 0.25) is 0 Å². The van der Waals surface area contributed by atoms with Gasteiger partial charge in [-0.15, -0.1) is 0 Å². The summed E-state index contributed by atoms with van der Waals surface area (Å²) < 4.78 is 24.2. The summed E-state index contributed by atoms with van der Waals surface area (Å²) in [5.41, 5.74) is 0. The van der Waals surface area contributed by atoms with Gasteiger partial charge >= 0.3 is 0 Å². The highest BCUT2D eigenvalue weighted by Gasteiger charge is 2.29. The van der Waals surface area contributed by atoms with Crippen LogP contribution in [0.1, 0.15) is 25.7 Å². The van der Waals surface area contributed by atoms with Crippen molar-refractivity contribution in [3.05, 3.63) is 0 Å². The zero-order valence-corrected chi connectivity index (χ0v) is 12.5. The molecule has 0 saturated carbocycles. The number of carbonyl (C=O) groups excluding carboxylic acids is 1. The first-order chi connectivity index (χ1) is 9.46. The molecule has 0 aromatic heterocycles. The number of hydrogen-bond acceptors (Lipinski definition) is 4. The second kappa shape index (κ2) is 6.84. The number of carbonyl (C=O) groups is 1. The summed E-state index contributed by atoms with van der Waals surface area (Å²) >= 11 is 0. The van der Waals surface area contributed by atoms with Crippen LogP contribution >= 0.6 is 0 Å². The molecule has 0 spiro atoms. The Bertz CT molecular complexity index is 434. The third kappa shape index (κ3) is 4.69. The molecule has 8 heteroatoms. The minimum absolute atomic E-state index is 0.126. The lowest BCUT2D eigenvalue weighted by Gasteiger charge is -2.36. The molecule has 1 amide bonds. The van der Waals surface area contributed by atoms with E-state index in [1.54, 1.807) is 0 Å². The lowest BCUT2D eigenvalue weighted by Crippen LogP contribution is -2.48. The van der Waals surface area contributed by atoms with Gasteiger partial charge < -0.3 is 10.2 Å². The largest absolute Gasteiger partial charge is 0.342 e.